The van der Waals surface area contributed by atoms with Crippen LogP contribution in [0.3, 0.4) is 0 Å². The summed E-state index contributed by atoms with van der Waals surface area (Å²) in [7, 11) is -3.97. The van der Waals surface area contributed by atoms with Gasteiger partial charge in [-0.1, -0.05) is 0 Å². The first-order chi connectivity index (χ1) is 17.3. The molecule has 2 N–H and O–H groups in total. The van der Waals surface area contributed by atoms with Gasteiger partial charge in [0.05, 0.1) is 12.3 Å². The summed E-state index contributed by atoms with van der Waals surface area (Å²) in [5, 5.41) is 8.50. The Kier molecular flexibility index (Phi) is 10.9. The molecule has 0 fully saturated rings. The molecule has 0 aliphatic heterocycles. The number of rotatable bonds is 16. The second-order valence-electron chi connectivity index (χ2n) is 8.10. The van der Waals surface area contributed by atoms with Crippen molar-refractivity contribution >= 4 is 16.0 Å². The van der Waals surface area contributed by atoms with Gasteiger partial charge in [-0.05, 0) is 20.0 Å². The fraction of sp³-hybridized carbons (Fsp3) is 0.938. The number of hydrogen-bond donors (Lipinski definition) is 2. The lowest BCUT2D eigenvalue weighted by Crippen LogP contribution is -2.74. The SMILES string of the molecule is CN(CCCNS(=O)(=O)CCC(F)(F)C(F)(F)C(F)(F)C(F)(F)C(F)(F)C(F)(F)C(F)(F)C(F)(F)F)CC(=O)O. The topological polar surface area (TPSA) is 86.7 Å². The maximum atomic E-state index is 13.8. The van der Waals surface area contributed by atoms with Crippen LogP contribution in [0.15, 0.2) is 0 Å². The van der Waals surface area contributed by atoms with Gasteiger partial charge in [0.2, 0.25) is 10.0 Å². The molecule has 0 aliphatic carbocycles. The lowest BCUT2D eigenvalue weighted by molar-refractivity contribution is -0.461. The van der Waals surface area contributed by atoms with E-state index in [1.165, 1.54) is 11.8 Å². The highest BCUT2D eigenvalue weighted by atomic mass is 32.2. The number of nitrogens with one attached hydrogen (secondary N) is 1. The first-order valence-electron chi connectivity index (χ1n) is 9.86. The first kappa shape index (κ1) is 38.1. The molecule has 0 atom stereocenters. The molecule has 40 heavy (non-hydrogen) atoms. The molecule has 0 rings (SSSR count). The van der Waals surface area contributed by atoms with E-state index in [4.69, 9.17) is 5.11 Å². The third-order valence-corrected chi connectivity index (χ3v) is 6.30. The van der Waals surface area contributed by atoms with E-state index in [1.54, 1.807) is 0 Å². The van der Waals surface area contributed by atoms with Crippen LogP contribution in [-0.2, 0) is 14.8 Å². The van der Waals surface area contributed by atoms with Crippen molar-refractivity contribution < 1.29 is 93.0 Å². The lowest BCUT2D eigenvalue weighted by Gasteiger charge is -2.42. The number of carboxylic acids is 1. The summed E-state index contributed by atoms with van der Waals surface area (Å²) in [6, 6.07) is 0. The van der Waals surface area contributed by atoms with Gasteiger partial charge in [-0.15, -0.1) is 0 Å². The molecular weight excluding hydrogens is 639 g/mol. The summed E-state index contributed by atoms with van der Waals surface area (Å²) in [5.41, 5.74) is 0. The molecule has 240 valence electrons. The highest BCUT2D eigenvalue weighted by molar-refractivity contribution is 7.89. The second-order valence-corrected chi connectivity index (χ2v) is 10.0. The van der Waals surface area contributed by atoms with Gasteiger partial charge in [0.25, 0.3) is 0 Å². The minimum Gasteiger partial charge on any atom is -0.480 e. The molecule has 0 unspecified atom stereocenters. The van der Waals surface area contributed by atoms with E-state index in [0.29, 0.717) is 0 Å². The number of carbonyl (C=O) groups is 1. The van der Waals surface area contributed by atoms with Crippen LogP contribution in [-0.4, -0.2) is 104 Å². The highest BCUT2D eigenvalue weighted by Gasteiger charge is 2.95. The Morgan fingerprint density at radius 3 is 1.45 bits per heavy atom. The number of carboxylic acid groups (broad SMARTS) is 1. The number of halogens is 17. The molecule has 0 saturated carbocycles. The lowest BCUT2D eigenvalue weighted by atomic mass is 9.88. The zero-order valence-electron chi connectivity index (χ0n) is 19.2. The van der Waals surface area contributed by atoms with Crippen LogP contribution in [0, 0.1) is 0 Å². The third-order valence-electron chi connectivity index (χ3n) is 4.92. The molecule has 0 spiro atoms. The largest absolute Gasteiger partial charge is 0.480 e. The van der Waals surface area contributed by atoms with Crippen molar-refractivity contribution in [2.75, 3.05) is 32.4 Å². The van der Waals surface area contributed by atoms with Crippen molar-refractivity contribution in [3.05, 3.63) is 0 Å². The Hall–Kier alpha value is -1.85. The molecule has 0 aromatic carbocycles. The minimum atomic E-state index is -8.76. The second kappa shape index (κ2) is 11.4. The Bertz CT molecular complexity index is 998. The van der Waals surface area contributed by atoms with Crippen LogP contribution in [0.4, 0.5) is 74.6 Å². The van der Waals surface area contributed by atoms with Crippen LogP contribution in [0.25, 0.3) is 0 Å². The Morgan fingerprint density at radius 2 is 1.07 bits per heavy atom. The smallest absolute Gasteiger partial charge is 0.460 e. The van der Waals surface area contributed by atoms with E-state index < -0.39 is 88.9 Å². The number of hydrogen-bond acceptors (Lipinski definition) is 4. The zero-order chi connectivity index (χ0) is 32.6. The molecule has 0 radical (unpaired) electrons. The third kappa shape index (κ3) is 6.95. The van der Waals surface area contributed by atoms with Gasteiger partial charge in [0.1, 0.15) is 0 Å². The van der Waals surface area contributed by atoms with Gasteiger partial charge in [0, 0.05) is 13.0 Å². The molecule has 0 amide bonds. The van der Waals surface area contributed by atoms with E-state index in [2.05, 4.69) is 0 Å². The summed E-state index contributed by atoms with van der Waals surface area (Å²) < 4.78 is 249. The van der Waals surface area contributed by atoms with Gasteiger partial charge >= 0.3 is 53.6 Å². The Balaban J connectivity index is 5.95. The number of aliphatic carboxylic acids is 1. The quantitative estimate of drug-likeness (QED) is 0.186. The van der Waals surface area contributed by atoms with Crippen molar-refractivity contribution in [2.24, 2.45) is 0 Å². The summed E-state index contributed by atoms with van der Waals surface area (Å²) in [6.45, 7) is -1.49. The van der Waals surface area contributed by atoms with Crippen LogP contribution in [0.2, 0.25) is 0 Å². The maximum Gasteiger partial charge on any atom is 0.460 e. The molecule has 6 nitrogen and oxygen atoms in total. The van der Waals surface area contributed by atoms with Gasteiger partial charge < -0.3 is 5.11 Å². The van der Waals surface area contributed by atoms with E-state index in [0.717, 1.165) is 4.90 Å². The summed E-state index contributed by atoms with van der Waals surface area (Å²) in [6.07, 6.45) is -11.3. The van der Waals surface area contributed by atoms with Crippen molar-refractivity contribution in [2.45, 2.75) is 60.5 Å². The summed E-state index contributed by atoms with van der Waals surface area (Å²) in [5.74, 6) is -61.3. The van der Waals surface area contributed by atoms with Crippen LogP contribution >= 0.6 is 0 Å². The predicted molar refractivity (Wildman–Crippen MR) is 96.8 cm³/mol. The fourth-order valence-electron chi connectivity index (χ4n) is 2.57. The maximum absolute atomic E-state index is 13.8. The van der Waals surface area contributed by atoms with Crippen LogP contribution < -0.4 is 4.72 Å². The van der Waals surface area contributed by atoms with Gasteiger partial charge in [-0.2, -0.15) is 74.6 Å². The average molecular weight is 656 g/mol. The van der Waals surface area contributed by atoms with Gasteiger partial charge in [-0.3, -0.25) is 9.69 Å². The van der Waals surface area contributed by atoms with E-state index in [-0.39, 0.29) is 13.0 Å². The van der Waals surface area contributed by atoms with E-state index in [9.17, 15) is 87.8 Å². The van der Waals surface area contributed by atoms with Crippen molar-refractivity contribution in [1.29, 1.82) is 0 Å². The monoisotopic (exact) mass is 656 g/mol. The zero-order valence-corrected chi connectivity index (χ0v) is 20.0. The minimum absolute atomic E-state index is 0.184. The average Bonchev–Trinajstić information content (AvgIpc) is 2.73. The molecule has 0 aromatic heterocycles. The molecular formula is C16H17F17N2O4S. The van der Waals surface area contributed by atoms with Crippen molar-refractivity contribution in [3.8, 4) is 0 Å². The molecule has 0 heterocycles. The van der Waals surface area contributed by atoms with E-state index >= 15 is 0 Å². The van der Waals surface area contributed by atoms with Crippen molar-refractivity contribution in [3.63, 3.8) is 0 Å². The number of alkyl halides is 17. The normalized spacial score (nSPS) is 15.6. The van der Waals surface area contributed by atoms with E-state index in [1.807, 2.05) is 0 Å². The Morgan fingerprint density at radius 1 is 0.700 bits per heavy atom. The highest BCUT2D eigenvalue weighted by Crippen LogP contribution is 2.64. The fourth-order valence-corrected chi connectivity index (χ4v) is 3.70. The summed E-state index contributed by atoms with van der Waals surface area (Å²) >= 11 is 0. The molecule has 0 bridgehead atoms. The molecule has 0 aromatic rings. The first-order valence-corrected chi connectivity index (χ1v) is 11.5. The summed E-state index contributed by atoms with van der Waals surface area (Å²) in [4.78, 5) is 11.5. The van der Waals surface area contributed by atoms with Crippen LogP contribution in [0.5, 0.6) is 0 Å². The van der Waals surface area contributed by atoms with Crippen LogP contribution in [0.1, 0.15) is 12.8 Å². The van der Waals surface area contributed by atoms with Gasteiger partial charge in [0.15, 0.2) is 0 Å². The number of likely N-dealkylation sites (N-methyl/N-ethyl adjacent to an activating group) is 1. The molecule has 24 heteroatoms. The standard InChI is InChI=1S/C16H17F17N2O4S/c1-35(7-8(36)37)5-2-4-34-40(38,39)6-3-9(17,18)10(19,20)11(21,22)12(23,24)13(25,26)14(27,28)15(29,30)16(31,32)33/h34H,2-7H2,1H3,(H,36,37). The number of nitrogens with zero attached hydrogens (tertiary/aromatic N) is 1. The van der Waals surface area contributed by atoms with Gasteiger partial charge in [-0.25, -0.2) is 13.1 Å². The van der Waals surface area contributed by atoms with Crippen molar-refractivity contribution in [1.82, 2.24) is 9.62 Å². The Labute approximate surface area is 212 Å². The molecule has 0 aliphatic rings. The number of sulfonamides is 1. The molecule has 0 saturated heterocycles. The predicted octanol–water partition coefficient (Wildman–Crippen LogP) is 4.71.